The van der Waals surface area contributed by atoms with Crippen molar-refractivity contribution in [1.29, 1.82) is 0 Å². The van der Waals surface area contributed by atoms with Crippen LogP contribution in [0, 0.1) is 0 Å². The van der Waals surface area contributed by atoms with E-state index >= 15 is 0 Å². The quantitative estimate of drug-likeness (QED) is 0.734. The van der Waals surface area contributed by atoms with Crippen LogP contribution in [0.5, 0.6) is 0 Å². The van der Waals surface area contributed by atoms with Crippen molar-refractivity contribution in [3.8, 4) is 0 Å². The van der Waals surface area contributed by atoms with Gasteiger partial charge >= 0.3 is 0 Å². The smallest absolute Gasteiger partial charge is 0.287 e. The highest BCUT2D eigenvalue weighted by Gasteiger charge is 2.19. The molecule has 1 fully saturated rings. The van der Waals surface area contributed by atoms with E-state index in [0.29, 0.717) is 12.4 Å². The van der Waals surface area contributed by atoms with Gasteiger partial charge in [0.15, 0.2) is 5.76 Å². The molecule has 2 rings (SSSR count). The van der Waals surface area contributed by atoms with Gasteiger partial charge in [0.05, 0.1) is 18.9 Å². The van der Waals surface area contributed by atoms with Crippen LogP contribution in [-0.4, -0.2) is 25.2 Å². The van der Waals surface area contributed by atoms with Gasteiger partial charge in [0, 0.05) is 6.61 Å². The Morgan fingerprint density at radius 3 is 3.15 bits per heavy atom. The predicted octanol–water partition coefficient (Wildman–Crippen LogP) is 0.798. The Kier molecular flexibility index (Phi) is 2.31. The van der Waals surface area contributed by atoms with E-state index in [4.69, 9.17) is 9.15 Å². The molecule has 1 amide bonds. The maximum atomic E-state index is 11.4. The average Bonchev–Trinajstić information content (AvgIpc) is 2.74. The molecule has 13 heavy (non-hydrogen) atoms. The minimum Gasteiger partial charge on any atom is -0.459 e. The summed E-state index contributed by atoms with van der Waals surface area (Å²) in [5.41, 5.74) is 0. The minimum atomic E-state index is -0.166. The van der Waals surface area contributed by atoms with Crippen molar-refractivity contribution in [3.63, 3.8) is 0 Å². The lowest BCUT2D eigenvalue weighted by Gasteiger charge is -2.07. The van der Waals surface area contributed by atoms with Crippen LogP contribution in [0.25, 0.3) is 0 Å². The van der Waals surface area contributed by atoms with Crippen molar-refractivity contribution < 1.29 is 13.9 Å². The number of hydrogen-bond donors (Lipinski definition) is 1. The number of ether oxygens (including phenoxy) is 1. The summed E-state index contributed by atoms with van der Waals surface area (Å²) in [5.74, 6) is 0.187. The molecule has 0 radical (unpaired) electrons. The molecule has 1 aliphatic rings. The van der Waals surface area contributed by atoms with Crippen molar-refractivity contribution >= 4 is 5.91 Å². The maximum Gasteiger partial charge on any atom is 0.287 e. The Bertz CT molecular complexity index is 275. The Hall–Kier alpha value is -1.29. The lowest BCUT2D eigenvalue weighted by molar-refractivity contribution is 0.0902. The number of nitrogens with one attached hydrogen (secondary N) is 1. The summed E-state index contributed by atoms with van der Waals surface area (Å²) in [6, 6.07) is 3.48. The molecule has 1 aromatic rings. The minimum absolute atomic E-state index is 0.137. The van der Waals surface area contributed by atoms with Crippen molar-refractivity contribution in [3.05, 3.63) is 24.2 Å². The molecule has 0 bridgehead atoms. The van der Waals surface area contributed by atoms with Gasteiger partial charge in [0.2, 0.25) is 0 Å². The second kappa shape index (κ2) is 3.62. The van der Waals surface area contributed by atoms with E-state index in [1.165, 1.54) is 6.26 Å². The number of rotatable bonds is 2. The van der Waals surface area contributed by atoms with E-state index < -0.39 is 0 Å². The summed E-state index contributed by atoms with van der Waals surface area (Å²) in [6.07, 6.45) is 2.37. The fourth-order valence-electron chi connectivity index (χ4n) is 1.31. The average molecular weight is 181 g/mol. The normalized spacial score (nSPS) is 21.7. The molecule has 4 nitrogen and oxygen atoms in total. The van der Waals surface area contributed by atoms with E-state index in [-0.39, 0.29) is 11.9 Å². The molecule has 70 valence electrons. The zero-order valence-electron chi connectivity index (χ0n) is 7.16. The highest BCUT2D eigenvalue weighted by Crippen LogP contribution is 2.06. The molecule has 1 aromatic heterocycles. The number of carbonyl (C=O) groups is 1. The van der Waals surface area contributed by atoms with E-state index in [1.54, 1.807) is 12.1 Å². The third-order valence-electron chi connectivity index (χ3n) is 2.01. The molecule has 2 heterocycles. The first kappa shape index (κ1) is 8.31. The van der Waals surface area contributed by atoms with Crippen molar-refractivity contribution in [2.45, 2.75) is 12.5 Å². The summed E-state index contributed by atoms with van der Waals surface area (Å²) >= 11 is 0. The van der Waals surface area contributed by atoms with E-state index in [9.17, 15) is 4.79 Å². The van der Waals surface area contributed by atoms with Gasteiger partial charge in [0.25, 0.3) is 5.91 Å². The third kappa shape index (κ3) is 1.89. The van der Waals surface area contributed by atoms with Crippen LogP contribution in [0.2, 0.25) is 0 Å². The SMILES string of the molecule is O=C(NC1CCOC1)c1ccco1. The van der Waals surface area contributed by atoms with Gasteiger partial charge in [-0.25, -0.2) is 0 Å². The lowest BCUT2D eigenvalue weighted by atomic mass is 10.2. The van der Waals surface area contributed by atoms with Gasteiger partial charge in [-0.2, -0.15) is 0 Å². The van der Waals surface area contributed by atoms with Crippen LogP contribution < -0.4 is 5.32 Å². The molecular weight excluding hydrogens is 170 g/mol. The topological polar surface area (TPSA) is 51.5 Å². The molecule has 4 heteroatoms. The fraction of sp³-hybridized carbons (Fsp3) is 0.444. The van der Waals surface area contributed by atoms with Gasteiger partial charge in [-0.15, -0.1) is 0 Å². The molecular formula is C9H11NO3. The summed E-state index contributed by atoms with van der Waals surface area (Å²) in [5, 5.41) is 2.82. The maximum absolute atomic E-state index is 11.4. The van der Waals surface area contributed by atoms with Crippen LogP contribution in [0.3, 0.4) is 0 Å². The molecule has 1 N–H and O–H groups in total. The monoisotopic (exact) mass is 181 g/mol. The number of amides is 1. The molecule has 1 aliphatic heterocycles. The first-order chi connectivity index (χ1) is 6.36. The van der Waals surface area contributed by atoms with Gasteiger partial charge in [-0.05, 0) is 18.6 Å². The molecule has 1 unspecified atom stereocenters. The van der Waals surface area contributed by atoms with Crippen molar-refractivity contribution in [2.24, 2.45) is 0 Å². The zero-order valence-corrected chi connectivity index (χ0v) is 7.16. The highest BCUT2D eigenvalue weighted by atomic mass is 16.5. The summed E-state index contributed by atoms with van der Waals surface area (Å²) in [6.45, 7) is 1.33. The van der Waals surface area contributed by atoms with E-state index in [2.05, 4.69) is 5.32 Å². The standard InChI is InChI=1S/C9H11NO3/c11-9(8-2-1-4-13-8)10-7-3-5-12-6-7/h1-2,4,7H,3,5-6H2,(H,10,11). The third-order valence-corrected chi connectivity index (χ3v) is 2.01. The van der Waals surface area contributed by atoms with Crippen LogP contribution in [-0.2, 0) is 4.74 Å². The Balaban J connectivity index is 1.91. The first-order valence-corrected chi connectivity index (χ1v) is 4.28. The van der Waals surface area contributed by atoms with Crippen LogP contribution in [0.15, 0.2) is 22.8 Å². The molecule has 0 spiro atoms. The Morgan fingerprint density at radius 1 is 1.62 bits per heavy atom. The van der Waals surface area contributed by atoms with Gasteiger partial charge < -0.3 is 14.5 Å². The second-order valence-corrected chi connectivity index (χ2v) is 3.01. The number of carbonyl (C=O) groups excluding carboxylic acids is 1. The van der Waals surface area contributed by atoms with E-state index in [1.807, 2.05) is 0 Å². The molecule has 0 aliphatic carbocycles. The summed E-state index contributed by atoms with van der Waals surface area (Å²) < 4.78 is 10.1. The molecule has 1 saturated heterocycles. The molecule has 0 aromatic carbocycles. The fourth-order valence-corrected chi connectivity index (χ4v) is 1.31. The van der Waals surface area contributed by atoms with Gasteiger partial charge in [-0.3, -0.25) is 4.79 Å². The number of furan rings is 1. The van der Waals surface area contributed by atoms with E-state index in [0.717, 1.165) is 13.0 Å². The largest absolute Gasteiger partial charge is 0.459 e. The van der Waals surface area contributed by atoms with Crippen LogP contribution >= 0.6 is 0 Å². The van der Waals surface area contributed by atoms with Gasteiger partial charge in [0.1, 0.15) is 0 Å². The Labute approximate surface area is 75.9 Å². The van der Waals surface area contributed by atoms with Crippen LogP contribution in [0.1, 0.15) is 17.0 Å². The summed E-state index contributed by atoms with van der Waals surface area (Å²) in [7, 11) is 0. The Morgan fingerprint density at radius 2 is 2.54 bits per heavy atom. The molecule has 1 atom stereocenters. The van der Waals surface area contributed by atoms with Crippen molar-refractivity contribution in [1.82, 2.24) is 5.32 Å². The zero-order chi connectivity index (χ0) is 9.10. The second-order valence-electron chi connectivity index (χ2n) is 3.01. The first-order valence-electron chi connectivity index (χ1n) is 4.28. The molecule has 0 saturated carbocycles. The van der Waals surface area contributed by atoms with Crippen molar-refractivity contribution in [2.75, 3.05) is 13.2 Å². The predicted molar refractivity (Wildman–Crippen MR) is 45.4 cm³/mol. The number of hydrogen-bond acceptors (Lipinski definition) is 3. The lowest BCUT2D eigenvalue weighted by Crippen LogP contribution is -2.34. The highest BCUT2D eigenvalue weighted by molar-refractivity contribution is 5.91. The van der Waals surface area contributed by atoms with Gasteiger partial charge in [-0.1, -0.05) is 0 Å². The van der Waals surface area contributed by atoms with Crippen LogP contribution in [0.4, 0.5) is 0 Å². The summed E-state index contributed by atoms with van der Waals surface area (Å²) in [4.78, 5) is 11.4.